The van der Waals surface area contributed by atoms with Crippen LogP contribution in [0.4, 0.5) is 5.69 Å². The molecule has 2 heterocycles. The zero-order chi connectivity index (χ0) is 21.5. The summed E-state index contributed by atoms with van der Waals surface area (Å²) < 4.78 is 10.0. The molecule has 2 aromatic rings. The molecule has 1 aromatic carbocycles. The molecular formula is C21H23N3O6. The number of benzene rings is 1. The molecule has 0 unspecified atom stereocenters. The van der Waals surface area contributed by atoms with E-state index < -0.39 is 24.4 Å². The highest BCUT2D eigenvalue weighted by Crippen LogP contribution is 2.21. The summed E-state index contributed by atoms with van der Waals surface area (Å²) in [5, 5.41) is 5.08. The average Bonchev–Trinajstić information content (AvgIpc) is 3.42. The molecule has 1 aromatic heterocycles. The molecule has 0 spiro atoms. The normalized spacial score (nSPS) is 14.3. The van der Waals surface area contributed by atoms with E-state index in [1.165, 1.54) is 6.26 Å². The molecule has 9 heteroatoms. The van der Waals surface area contributed by atoms with Crippen LogP contribution in [0.2, 0.25) is 0 Å². The average molecular weight is 413 g/mol. The number of hydrogen-bond acceptors (Lipinski definition) is 6. The second-order valence-electron chi connectivity index (χ2n) is 6.84. The van der Waals surface area contributed by atoms with Crippen LogP contribution < -0.4 is 15.5 Å². The van der Waals surface area contributed by atoms with Crippen LogP contribution in [0.1, 0.15) is 41.9 Å². The minimum absolute atomic E-state index is 0.0672. The van der Waals surface area contributed by atoms with Crippen molar-refractivity contribution in [3.8, 4) is 0 Å². The number of amides is 3. The number of hydrogen-bond donors (Lipinski definition) is 2. The zero-order valence-corrected chi connectivity index (χ0v) is 16.6. The fourth-order valence-electron chi connectivity index (χ4n) is 3.06. The Bertz CT molecular complexity index is 907. The van der Waals surface area contributed by atoms with Gasteiger partial charge in [-0.3, -0.25) is 19.2 Å². The fourth-order valence-corrected chi connectivity index (χ4v) is 3.06. The van der Waals surface area contributed by atoms with Crippen molar-refractivity contribution in [1.29, 1.82) is 0 Å². The molecule has 158 valence electrons. The van der Waals surface area contributed by atoms with Gasteiger partial charge in [-0.1, -0.05) is 0 Å². The predicted molar refractivity (Wildman–Crippen MR) is 107 cm³/mol. The van der Waals surface area contributed by atoms with Crippen LogP contribution in [-0.4, -0.2) is 43.4 Å². The molecule has 1 aliphatic heterocycles. The number of nitrogens with one attached hydrogen (secondary N) is 2. The van der Waals surface area contributed by atoms with E-state index in [4.69, 9.17) is 9.15 Å². The third-order valence-corrected chi connectivity index (χ3v) is 4.62. The van der Waals surface area contributed by atoms with E-state index in [9.17, 15) is 19.2 Å². The fraction of sp³-hybridized carbons (Fsp3) is 0.333. The number of anilines is 1. The maximum absolute atomic E-state index is 12.2. The van der Waals surface area contributed by atoms with Crippen molar-refractivity contribution in [3.05, 3.63) is 54.0 Å². The SMILES string of the molecule is C[C@@H](NC(=O)COC(=O)CNC(=O)c1ccc(N2CCCC2=O)cc1)c1ccco1. The highest BCUT2D eigenvalue weighted by atomic mass is 16.5. The molecule has 1 aliphatic rings. The van der Waals surface area contributed by atoms with Gasteiger partial charge in [0.1, 0.15) is 12.3 Å². The first-order chi connectivity index (χ1) is 14.4. The van der Waals surface area contributed by atoms with Crippen molar-refractivity contribution >= 4 is 29.4 Å². The third-order valence-electron chi connectivity index (χ3n) is 4.62. The van der Waals surface area contributed by atoms with Gasteiger partial charge in [-0.15, -0.1) is 0 Å². The van der Waals surface area contributed by atoms with Crippen LogP contribution in [0.5, 0.6) is 0 Å². The van der Waals surface area contributed by atoms with Crippen molar-refractivity contribution in [1.82, 2.24) is 10.6 Å². The summed E-state index contributed by atoms with van der Waals surface area (Å²) in [7, 11) is 0. The maximum atomic E-state index is 12.2. The molecule has 0 radical (unpaired) electrons. The summed E-state index contributed by atoms with van der Waals surface area (Å²) in [5.41, 5.74) is 1.09. The Morgan fingerprint density at radius 1 is 1.20 bits per heavy atom. The van der Waals surface area contributed by atoms with Gasteiger partial charge in [0, 0.05) is 24.2 Å². The summed E-state index contributed by atoms with van der Waals surface area (Å²) in [6, 6.07) is 9.64. The first kappa shape index (κ1) is 21.1. The van der Waals surface area contributed by atoms with E-state index in [0.29, 0.717) is 24.3 Å². The molecule has 1 saturated heterocycles. The Kier molecular flexibility index (Phi) is 6.84. The summed E-state index contributed by atoms with van der Waals surface area (Å²) in [4.78, 5) is 49.2. The maximum Gasteiger partial charge on any atom is 0.325 e. The van der Waals surface area contributed by atoms with Crippen LogP contribution >= 0.6 is 0 Å². The van der Waals surface area contributed by atoms with Gasteiger partial charge in [-0.25, -0.2) is 0 Å². The van der Waals surface area contributed by atoms with Gasteiger partial charge in [0.15, 0.2) is 6.61 Å². The molecule has 1 atom stereocenters. The molecule has 2 N–H and O–H groups in total. The molecule has 3 rings (SSSR count). The second kappa shape index (κ2) is 9.73. The van der Waals surface area contributed by atoms with E-state index >= 15 is 0 Å². The summed E-state index contributed by atoms with van der Waals surface area (Å²) >= 11 is 0. The third kappa shape index (κ3) is 5.47. The number of carbonyl (C=O) groups is 4. The Balaban J connectivity index is 1.39. The van der Waals surface area contributed by atoms with Gasteiger partial charge in [0.25, 0.3) is 11.8 Å². The molecule has 1 fully saturated rings. The van der Waals surface area contributed by atoms with E-state index in [0.717, 1.165) is 12.1 Å². The number of ether oxygens (including phenoxy) is 1. The highest BCUT2D eigenvalue weighted by Gasteiger charge is 2.21. The second-order valence-corrected chi connectivity index (χ2v) is 6.84. The number of carbonyl (C=O) groups excluding carboxylic acids is 4. The van der Waals surface area contributed by atoms with Crippen LogP contribution in [0.15, 0.2) is 47.1 Å². The van der Waals surface area contributed by atoms with Crippen molar-refractivity contribution < 1.29 is 28.3 Å². The van der Waals surface area contributed by atoms with Crippen LogP contribution in [-0.2, 0) is 19.1 Å². The van der Waals surface area contributed by atoms with E-state index in [1.54, 1.807) is 48.2 Å². The summed E-state index contributed by atoms with van der Waals surface area (Å²) in [5.74, 6) is -1.02. The van der Waals surface area contributed by atoms with Gasteiger partial charge in [0.05, 0.1) is 12.3 Å². The van der Waals surface area contributed by atoms with Crippen LogP contribution in [0.25, 0.3) is 0 Å². The van der Waals surface area contributed by atoms with E-state index in [2.05, 4.69) is 10.6 Å². The molecule has 0 saturated carbocycles. The van der Waals surface area contributed by atoms with E-state index in [1.807, 2.05) is 0 Å². The van der Waals surface area contributed by atoms with Gasteiger partial charge in [-0.2, -0.15) is 0 Å². The number of nitrogens with zero attached hydrogens (tertiary/aromatic N) is 1. The van der Waals surface area contributed by atoms with Crippen molar-refractivity contribution in [2.24, 2.45) is 0 Å². The smallest absolute Gasteiger partial charge is 0.325 e. The number of rotatable bonds is 8. The lowest BCUT2D eigenvalue weighted by atomic mass is 10.2. The number of furan rings is 1. The topological polar surface area (TPSA) is 118 Å². The molecule has 3 amide bonds. The summed E-state index contributed by atoms with van der Waals surface area (Å²) in [6.07, 6.45) is 2.85. The van der Waals surface area contributed by atoms with E-state index in [-0.39, 0.29) is 18.5 Å². The lowest BCUT2D eigenvalue weighted by Crippen LogP contribution is -2.34. The molecule has 0 bridgehead atoms. The molecule has 9 nitrogen and oxygen atoms in total. The Morgan fingerprint density at radius 2 is 1.97 bits per heavy atom. The van der Waals surface area contributed by atoms with Crippen molar-refractivity contribution in [3.63, 3.8) is 0 Å². The van der Waals surface area contributed by atoms with Crippen molar-refractivity contribution in [2.45, 2.75) is 25.8 Å². The minimum atomic E-state index is -0.733. The standard InChI is InChI=1S/C21H23N3O6/c1-14(17-4-3-11-29-17)23-18(25)13-30-20(27)12-22-21(28)15-6-8-16(9-7-15)24-10-2-5-19(24)26/h3-4,6-9,11,14H,2,5,10,12-13H2,1H3,(H,22,28)(H,23,25)/t14-/m1/s1. The van der Waals surface area contributed by atoms with Crippen LogP contribution in [0, 0.1) is 0 Å². The monoisotopic (exact) mass is 413 g/mol. The summed E-state index contributed by atoms with van der Waals surface area (Å²) in [6.45, 7) is 1.58. The number of esters is 1. The Morgan fingerprint density at radius 3 is 2.60 bits per heavy atom. The minimum Gasteiger partial charge on any atom is -0.467 e. The Labute approximate surface area is 173 Å². The molecule has 30 heavy (non-hydrogen) atoms. The first-order valence-electron chi connectivity index (χ1n) is 9.61. The largest absolute Gasteiger partial charge is 0.467 e. The molecular weight excluding hydrogens is 390 g/mol. The van der Waals surface area contributed by atoms with Gasteiger partial charge in [-0.05, 0) is 49.7 Å². The van der Waals surface area contributed by atoms with Gasteiger partial charge in [0.2, 0.25) is 5.91 Å². The lowest BCUT2D eigenvalue weighted by molar-refractivity contribution is -0.147. The quantitative estimate of drug-likeness (QED) is 0.634. The van der Waals surface area contributed by atoms with Crippen molar-refractivity contribution in [2.75, 3.05) is 24.6 Å². The lowest BCUT2D eigenvalue weighted by Gasteiger charge is -2.15. The zero-order valence-electron chi connectivity index (χ0n) is 16.6. The Hall–Kier alpha value is -3.62. The predicted octanol–water partition coefficient (Wildman–Crippen LogP) is 1.56. The molecule has 0 aliphatic carbocycles. The first-order valence-corrected chi connectivity index (χ1v) is 9.61. The van der Waals surface area contributed by atoms with Crippen LogP contribution in [0.3, 0.4) is 0 Å². The van der Waals surface area contributed by atoms with Gasteiger partial charge >= 0.3 is 5.97 Å². The highest BCUT2D eigenvalue weighted by molar-refractivity contribution is 5.98. The van der Waals surface area contributed by atoms with Gasteiger partial charge < -0.3 is 24.7 Å².